The zero-order valence-electron chi connectivity index (χ0n) is 13.5. The van der Waals surface area contributed by atoms with Gasteiger partial charge in [-0.2, -0.15) is 0 Å². The zero-order valence-corrected chi connectivity index (χ0v) is 13.5. The molecular formula is C16H22N4O3. The summed E-state index contributed by atoms with van der Waals surface area (Å²) in [5.41, 5.74) is 0.825. The van der Waals surface area contributed by atoms with Crippen LogP contribution in [0.3, 0.4) is 0 Å². The van der Waals surface area contributed by atoms with E-state index < -0.39 is 0 Å². The van der Waals surface area contributed by atoms with Crippen molar-refractivity contribution in [2.45, 2.75) is 0 Å². The predicted octanol–water partition coefficient (Wildman–Crippen LogP) is 1.39. The smallest absolute Gasteiger partial charge is 0.162 e. The molecule has 124 valence electrons. The second kappa shape index (κ2) is 7.43. The third-order valence-corrected chi connectivity index (χ3v) is 3.96. The normalized spacial score (nSPS) is 15.6. The number of morpholine rings is 1. The van der Waals surface area contributed by atoms with E-state index in [1.807, 2.05) is 12.1 Å². The molecule has 1 fully saturated rings. The van der Waals surface area contributed by atoms with Crippen LogP contribution in [0.4, 0.5) is 5.82 Å². The molecule has 0 bridgehead atoms. The van der Waals surface area contributed by atoms with Gasteiger partial charge in [0, 0.05) is 37.6 Å². The molecule has 7 nitrogen and oxygen atoms in total. The van der Waals surface area contributed by atoms with Crippen LogP contribution in [0.2, 0.25) is 0 Å². The van der Waals surface area contributed by atoms with Gasteiger partial charge in [-0.15, -0.1) is 0 Å². The predicted molar refractivity (Wildman–Crippen MR) is 88.4 cm³/mol. The maximum atomic E-state index is 5.37. The number of hydrogen-bond acceptors (Lipinski definition) is 7. The van der Waals surface area contributed by atoms with Gasteiger partial charge >= 0.3 is 0 Å². The van der Waals surface area contributed by atoms with Crippen LogP contribution in [0.25, 0.3) is 10.9 Å². The van der Waals surface area contributed by atoms with E-state index in [0.29, 0.717) is 11.5 Å². The Labute approximate surface area is 135 Å². The molecule has 7 heteroatoms. The molecule has 2 aromatic rings. The molecule has 0 radical (unpaired) electrons. The largest absolute Gasteiger partial charge is 0.493 e. The summed E-state index contributed by atoms with van der Waals surface area (Å²) in [7, 11) is 3.24. The first-order chi connectivity index (χ1) is 11.3. The Morgan fingerprint density at radius 2 is 1.87 bits per heavy atom. The second-order valence-electron chi connectivity index (χ2n) is 5.33. The summed E-state index contributed by atoms with van der Waals surface area (Å²) in [6.45, 7) is 5.37. The number of aromatic nitrogens is 2. The molecule has 0 amide bonds. The molecule has 0 saturated carbocycles. The lowest BCUT2D eigenvalue weighted by atomic mass is 10.2. The van der Waals surface area contributed by atoms with Crippen molar-refractivity contribution in [2.75, 3.05) is 58.9 Å². The van der Waals surface area contributed by atoms with E-state index in [1.165, 1.54) is 0 Å². The minimum Gasteiger partial charge on any atom is -0.493 e. The first kappa shape index (κ1) is 15.8. The summed E-state index contributed by atoms with van der Waals surface area (Å²) in [6.07, 6.45) is 1.56. The number of rotatable bonds is 6. The monoisotopic (exact) mass is 318 g/mol. The fraction of sp³-hybridized carbons (Fsp3) is 0.500. The summed E-state index contributed by atoms with van der Waals surface area (Å²) in [5.74, 6) is 2.15. The molecule has 2 heterocycles. The highest BCUT2D eigenvalue weighted by molar-refractivity contribution is 5.91. The zero-order chi connectivity index (χ0) is 16.1. The van der Waals surface area contributed by atoms with Gasteiger partial charge in [0.2, 0.25) is 0 Å². The summed E-state index contributed by atoms with van der Waals surface area (Å²) < 4.78 is 16.0. The lowest BCUT2D eigenvalue weighted by Gasteiger charge is -2.26. The van der Waals surface area contributed by atoms with Gasteiger partial charge in [-0.3, -0.25) is 4.90 Å². The van der Waals surface area contributed by atoms with E-state index in [-0.39, 0.29) is 0 Å². The molecule has 1 aliphatic rings. The number of fused-ring (bicyclic) bond motifs is 1. The van der Waals surface area contributed by atoms with Gasteiger partial charge in [0.15, 0.2) is 11.5 Å². The average molecular weight is 318 g/mol. The van der Waals surface area contributed by atoms with Crippen molar-refractivity contribution in [3.8, 4) is 11.5 Å². The Kier molecular flexibility index (Phi) is 5.09. The highest BCUT2D eigenvalue weighted by Gasteiger charge is 2.12. The molecule has 23 heavy (non-hydrogen) atoms. The van der Waals surface area contributed by atoms with E-state index in [4.69, 9.17) is 14.2 Å². The van der Waals surface area contributed by atoms with E-state index in [0.717, 1.165) is 56.1 Å². The summed E-state index contributed by atoms with van der Waals surface area (Å²) in [5, 5.41) is 4.32. The van der Waals surface area contributed by atoms with Gasteiger partial charge in [0.1, 0.15) is 12.1 Å². The van der Waals surface area contributed by atoms with Crippen LogP contribution in [0.1, 0.15) is 0 Å². The fourth-order valence-electron chi connectivity index (χ4n) is 2.68. The lowest BCUT2D eigenvalue weighted by molar-refractivity contribution is 0.0398. The Bertz CT molecular complexity index is 659. The molecule has 3 rings (SSSR count). The second-order valence-corrected chi connectivity index (χ2v) is 5.33. The van der Waals surface area contributed by atoms with Crippen molar-refractivity contribution in [3.63, 3.8) is 0 Å². The van der Waals surface area contributed by atoms with Gasteiger partial charge in [-0.25, -0.2) is 9.97 Å². The molecule has 0 atom stereocenters. The van der Waals surface area contributed by atoms with Crippen molar-refractivity contribution in [1.82, 2.24) is 14.9 Å². The number of anilines is 1. The molecule has 1 aromatic heterocycles. The van der Waals surface area contributed by atoms with Crippen LogP contribution in [0, 0.1) is 0 Å². The van der Waals surface area contributed by atoms with Crippen LogP contribution in [-0.2, 0) is 4.74 Å². The molecule has 0 spiro atoms. The third kappa shape index (κ3) is 3.62. The van der Waals surface area contributed by atoms with E-state index in [9.17, 15) is 0 Å². The maximum absolute atomic E-state index is 5.37. The molecule has 1 aliphatic heterocycles. The van der Waals surface area contributed by atoms with Gasteiger partial charge in [-0.05, 0) is 6.07 Å². The third-order valence-electron chi connectivity index (χ3n) is 3.96. The molecule has 1 N–H and O–H groups in total. The van der Waals surface area contributed by atoms with E-state index in [2.05, 4.69) is 20.2 Å². The van der Waals surface area contributed by atoms with Crippen LogP contribution < -0.4 is 14.8 Å². The van der Waals surface area contributed by atoms with E-state index in [1.54, 1.807) is 20.5 Å². The topological polar surface area (TPSA) is 68.7 Å². The fourth-order valence-corrected chi connectivity index (χ4v) is 2.68. The lowest BCUT2D eigenvalue weighted by Crippen LogP contribution is -2.39. The van der Waals surface area contributed by atoms with Crippen molar-refractivity contribution in [2.24, 2.45) is 0 Å². The van der Waals surface area contributed by atoms with Crippen molar-refractivity contribution >= 4 is 16.7 Å². The molecule has 1 saturated heterocycles. The van der Waals surface area contributed by atoms with Crippen LogP contribution >= 0.6 is 0 Å². The number of nitrogens with zero attached hydrogens (tertiary/aromatic N) is 3. The summed E-state index contributed by atoms with van der Waals surface area (Å²) in [4.78, 5) is 11.0. The molecule has 0 unspecified atom stereocenters. The van der Waals surface area contributed by atoms with Gasteiger partial charge in [-0.1, -0.05) is 0 Å². The number of ether oxygens (including phenoxy) is 3. The number of benzene rings is 1. The Hall–Kier alpha value is -2.12. The van der Waals surface area contributed by atoms with Crippen LogP contribution in [0.15, 0.2) is 18.5 Å². The van der Waals surface area contributed by atoms with Gasteiger partial charge < -0.3 is 19.5 Å². The SMILES string of the molecule is COc1cc2ncnc(NCCN3CCOCC3)c2cc1OC. The summed E-state index contributed by atoms with van der Waals surface area (Å²) >= 11 is 0. The number of hydrogen-bond donors (Lipinski definition) is 1. The number of methoxy groups -OCH3 is 2. The first-order valence-corrected chi connectivity index (χ1v) is 7.72. The molecular weight excluding hydrogens is 296 g/mol. The van der Waals surface area contributed by atoms with Crippen molar-refractivity contribution in [3.05, 3.63) is 18.5 Å². The minimum absolute atomic E-state index is 0.665. The van der Waals surface area contributed by atoms with Crippen molar-refractivity contribution in [1.29, 1.82) is 0 Å². The van der Waals surface area contributed by atoms with Gasteiger partial charge in [0.05, 0.1) is 33.0 Å². The van der Waals surface area contributed by atoms with Gasteiger partial charge in [0.25, 0.3) is 0 Å². The highest BCUT2D eigenvalue weighted by Crippen LogP contribution is 2.33. The average Bonchev–Trinajstić information content (AvgIpc) is 2.61. The van der Waals surface area contributed by atoms with Crippen molar-refractivity contribution < 1.29 is 14.2 Å². The Morgan fingerprint density at radius 1 is 1.13 bits per heavy atom. The first-order valence-electron chi connectivity index (χ1n) is 7.72. The van der Waals surface area contributed by atoms with Crippen LogP contribution in [-0.4, -0.2) is 68.5 Å². The Morgan fingerprint density at radius 3 is 2.61 bits per heavy atom. The maximum Gasteiger partial charge on any atom is 0.162 e. The molecule has 0 aliphatic carbocycles. The summed E-state index contributed by atoms with van der Waals surface area (Å²) in [6, 6.07) is 3.77. The highest BCUT2D eigenvalue weighted by atomic mass is 16.5. The van der Waals surface area contributed by atoms with Crippen LogP contribution in [0.5, 0.6) is 11.5 Å². The quantitative estimate of drug-likeness (QED) is 0.863. The number of nitrogens with one attached hydrogen (secondary N) is 1. The minimum atomic E-state index is 0.665. The Balaban J connectivity index is 1.74. The van der Waals surface area contributed by atoms with E-state index >= 15 is 0 Å². The standard InChI is InChI=1S/C16H22N4O3/c1-21-14-9-12-13(10-15(14)22-2)18-11-19-16(12)17-3-4-20-5-7-23-8-6-20/h9-11H,3-8H2,1-2H3,(H,17,18,19). The molecule has 1 aromatic carbocycles.